The number of carbonyl (C=O) groups excluding carboxylic acids is 1. The van der Waals surface area contributed by atoms with Gasteiger partial charge in [0.1, 0.15) is 0 Å². The molecule has 0 saturated carbocycles. The molecule has 3 rings (SSSR count). The lowest BCUT2D eigenvalue weighted by molar-refractivity contribution is 0.0125. The second-order valence-electron chi connectivity index (χ2n) is 5.38. The van der Waals surface area contributed by atoms with Gasteiger partial charge >= 0.3 is 0 Å². The van der Waals surface area contributed by atoms with Crippen LogP contribution in [0.15, 0.2) is 18.2 Å². The van der Waals surface area contributed by atoms with Crippen molar-refractivity contribution in [1.82, 2.24) is 15.5 Å². The number of benzene rings is 1. The monoisotopic (exact) mass is 290 g/mol. The Morgan fingerprint density at radius 3 is 2.95 bits per heavy atom. The van der Waals surface area contributed by atoms with Crippen LogP contribution < -0.4 is 11.1 Å². The number of amides is 1. The van der Waals surface area contributed by atoms with Gasteiger partial charge in [-0.1, -0.05) is 0 Å². The maximum Gasteiger partial charge on any atom is 0.272 e. The number of rotatable bonds is 3. The first kappa shape index (κ1) is 13.8. The largest absolute Gasteiger partial charge is 0.399 e. The van der Waals surface area contributed by atoms with Crippen LogP contribution in [0.3, 0.4) is 0 Å². The van der Waals surface area contributed by atoms with E-state index < -0.39 is 5.54 Å². The number of nitrogen functional groups attached to an aromatic ring is 1. The molecule has 0 atom stereocenters. The van der Waals surface area contributed by atoms with E-state index in [2.05, 4.69) is 15.5 Å². The van der Waals surface area contributed by atoms with Crippen molar-refractivity contribution in [3.05, 3.63) is 23.9 Å². The zero-order valence-corrected chi connectivity index (χ0v) is 11.6. The average Bonchev–Trinajstić information content (AvgIpc) is 2.91. The number of hydrogen-bond donors (Lipinski definition) is 4. The molecule has 1 amide bonds. The first-order valence-corrected chi connectivity index (χ1v) is 6.88. The molecule has 7 nitrogen and oxygen atoms in total. The molecule has 0 unspecified atom stereocenters. The van der Waals surface area contributed by atoms with Crippen molar-refractivity contribution in [2.45, 2.75) is 18.4 Å². The zero-order chi connectivity index (χ0) is 14.9. The molecule has 2 aromatic rings. The van der Waals surface area contributed by atoms with Crippen molar-refractivity contribution >= 4 is 22.5 Å². The Labute approximate surface area is 121 Å². The summed E-state index contributed by atoms with van der Waals surface area (Å²) in [4.78, 5) is 12.5. The molecule has 1 aromatic heterocycles. The quantitative estimate of drug-likeness (QED) is 0.612. The number of aromatic amines is 1. The van der Waals surface area contributed by atoms with Crippen molar-refractivity contribution < 1.29 is 14.6 Å². The second kappa shape index (κ2) is 5.34. The molecule has 1 aliphatic rings. The second-order valence-corrected chi connectivity index (χ2v) is 5.38. The lowest BCUT2D eigenvalue weighted by Crippen LogP contribution is -2.54. The Hall–Kier alpha value is -2.12. The van der Waals surface area contributed by atoms with Gasteiger partial charge in [0.2, 0.25) is 0 Å². The first-order valence-electron chi connectivity index (χ1n) is 6.88. The van der Waals surface area contributed by atoms with E-state index in [0.717, 1.165) is 5.52 Å². The van der Waals surface area contributed by atoms with Gasteiger partial charge in [-0.2, -0.15) is 5.10 Å². The van der Waals surface area contributed by atoms with Crippen LogP contribution in [-0.2, 0) is 4.74 Å². The zero-order valence-electron chi connectivity index (χ0n) is 11.6. The van der Waals surface area contributed by atoms with Gasteiger partial charge in [0, 0.05) is 24.3 Å². The molecular formula is C14H18N4O3. The number of nitrogens with one attached hydrogen (secondary N) is 2. The van der Waals surface area contributed by atoms with E-state index in [1.54, 1.807) is 18.2 Å². The molecule has 112 valence electrons. The summed E-state index contributed by atoms with van der Waals surface area (Å²) in [5.74, 6) is -0.317. The summed E-state index contributed by atoms with van der Waals surface area (Å²) in [6.45, 7) is 0.927. The fourth-order valence-corrected chi connectivity index (χ4v) is 2.59. The van der Waals surface area contributed by atoms with Gasteiger partial charge in [0.25, 0.3) is 5.91 Å². The molecule has 1 aliphatic heterocycles. The Balaban J connectivity index is 1.88. The van der Waals surface area contributed by atoms with Crippen LogP contribution >= 0.6 is 0 Å². The first-order chi connectivity index (χ1) is 10.1. The van der Waals surface area contributed by atoms with Gasteiger partial charge in [-0.3, -0.25) is 9.89 Å². The minimum Gasteiger partial charge on any atom is -0.399 e. The fourth-order valence-electron chi connectivity index (χ4n) is 2.59. The highest BCUT2D eigenvalue weighted by molar-refractivity contribution is 6.05. The smallest absolute Gasteiger partial charge is 0.272 e. The molecule has 21 heavy (non-hydrogen) atoms. The minimum absolute atomic E-state index is 0.118. The summed E-state index contributed by atoms with van der Waals surface area (Å²) < 4.78 is 5.28. The molecule has 0 spiro atoms. The van der Waals surface area contributed by atoms with Crippen LogP contribution in [0.2, 0.25) is 0 Å². The Bertz CT molecular complexity index is 661. The van der Waals surface area contributed by atoms with Crippen molar-refractivity contribution in [1.29, 1.82) is 0 Å². The van der Waals surface area contributed by atoms with E-state index in [0.29, 0.717) is 37.1 Å². The normalized spacial score (nSPS) is 17.8. The number of hydrogen-bond acceptors (Lipinski definition) is 5. The minimum atomic E-state index is -0.638. The van der Waals surface area contributed by atoms with E-state index in [1.807, 2.05) is 0 Å². The highest BCUT2D eigenvalue weighted by Crippen LogP contribution is 2.23. The molecule has 7 heteroatoms. The van der Waals surface area contributed by atoms with Crippen molar-refractivity contribution in [3.8, 4) is 0 Å². The molecule has 1 aromatic carbocycles. The topological polar surface area (TPSA) is 113 Å². The molecule has 5 N–H and O–H groups in total. The number of fused-ring (bicyclic) bond motifs is 1. The fraction of sp³-hybridized carbons (Fsp3) is 0.429. The summed E-state index contributed by atoms with van der Waals surface area (Å²) in [7, 11) is 0. The Morgan fingerprint density at radius 1 is 1.48 bits per heavy atom. The van der Waals surface area contributed by atoms with E-state index in [1.165, 1.54) is 0 Å². The van der Waals surface area contributed by atoms with Crippen molar-refractivity contribution in [2.75, 3.05) is 25.6 Å². The van der Waals surface area contributed by atoms with Crippen LogP contribution in [-0.4, -0.2) is 46.6 Å². The molecular weight excluding hydrogens is 272 g/mol. The molecule has 0 aliphatic carbocycles. The summed E-state index contributed by atoms with van der Waals surface area (Å²) in [5, 5.41) is 20.1. The SMILES string of the molecule is Nc1ccc2[nH]nc(C(=O)NC3(CO)CCOCC3)c2c1. The predicted molar refractivity (Wildman–Crippen MR) is 77.8 cm³/mol. The van der Waals surface area contributed by atoms with Gasteiger partial charge in [-0.15, -0.1) is 0 Å². The number of aliphatic hydroxyl groups is 1. The number of ether oxygens (including phenoxy) is 1. The molecule has 1 fully saturated rings. The number of nitrogens with zero attached hydrogens (tertiary/aromatic N) is 1. The van der Waals surface area contributed by atoms with Crippen LogP contribution in [0, 0.1) is 0 Å². The van der Waals surface area contributed by atoms with Crippen molar-refractivity contribution in [2.24, 2.45) is 0 Å². The number of nitrogens with two attached hydrogens (primary N) is 1. The number of anilines is 1. The third-order valence-corrected chi connectivity index (χ3v) is 3.93. The molecule has 2 heterocycles. The molecule has 0 radical (unpaired) electrons. The number of aliphatic hydroxyl groups excluding tert-OH is 1. The van der Waals surface area contributed by atoms with Gasteiger partial charge in [0.05, 0.1) is 17.7 Å². The Morgan fingerprint density at radius 2 is 2.24 bits per heavy atom. The van der Waals surface area contributed by atoms with E-state index in [-0.39, 0.29) is 18.2 Å². The molecule has 1 saturated heterocycles. The standard InChI is InChI=1S/C14H18N4O3/c15-9-1-2-11-10(7-9)12(18-17-11)13(20)16-14(8-19)3-5-21-6-4-14/h1-2,7,19H,3-6,8,15H2,(H,16,20)(H,17,18). The summed E-state index contributed by atoms with van der Waals surface area (Å²) in [6, 6.07) is 5.24. The highest BCUT2D eigenvalue weighted by atomic mass is 16.5. The lowest BCUT2D eigenvalue weighted by atomic mass is 9.90. The highest BCUT2D eigenvalue weighted by Gasteiger charge is 2.34. The summed E-state index contributed by atoms with van der Waals surface area (Å²) in [6.07, 6.45) is 1.17. The average molecular weight is 290 g/mol. The third-order valence-electron chi connectivity index (χ3n) is 3.93. The van der Waals surface area contributed by atoms with Gasteiger partial charge in [-0.05, 0) is 31.0 Å². The lowest BCUT2D eigenvalue weighted by Gasteiger charge is -2.36. The summed E-state index contributed by atoms with van der Waals surface area (Å²) >= 11 is 0. The van der Waals surface area contributed by atoms with E-state index in [9.17, 15) is 9.90 Å². The number of carbonyl (C=O) groups is 1. The molecule has 0 bridgehead atoms. The van der Waals surface area contributed by atoms with Gasteiger partial charge < -0.3 is 20.9 Å². The third kappa shape index (κ3) is 2.57. The number of aromatic nitrogens is 2. The van der Waals surface area contributed by atoms with E-state index in [4.69, 9.17) is 10.5 Å². The van der Waals surface area contributed by atoms with Crippen LogP contribution in [0.1, 0.15) is 23.3 Å². The maximum absolute atomic E-state index is 12.5. The van der Waals surface area contributed by atoms with Crippen molar-refractivity contribution in [3.63, 3.8) is 0 Å². The predicted octanol–water partition coefficient (Wildman–Crippen LogP) is 0.416. The van der Waals surface area contributed by atoms with Crippen LogP contribution in [0.25, 0.3) is 10.9 Å². The summed E-state index contributed by atoms with van der Waals surface area (Å²) in [5.41, 5.74) is 6.73. The van der Waals surface area contributed by atoms with E-state index >= 15 is 0 Å². The van der Waals surface area contributed by atoms with Gasteiger partial charge in [-0.25, -0.2) is 0 Å². The Kier molecular flexibility index (Phi) is 3.52. The number of H-pyrrole nitrogens is 1. The van der Waals surface area contributed by atoms with Crippen LogP contribution in [0.5, 0.6) is 0 Å². The van der Waals surface area contributed by atoms with Gasteiger partial charge in [0.15, 0.2) is 5.69 Å². The van der Waals surface area contributed by atoms with Crippen LogP contribution in [0.4, 0.5) is 5.69 Å². The maximum atomic E-state index is 12.5.